The normalized spacial score (nSPS) is 13.3. The van der Waals surface area contributed by atoms with Crippen LogP contribution in [0.3, 0.4) is 0 Å². The van der Waals surface area contributed by atoms with Crippen LogP contribution in [0.4, 0.5) is 0 Å². The molecule has 0 radical (unpaired) electrons. The Bertz CT molecular complexity index is 681. The largest absolute Gasteiger partial charge is 0.305 e. The number of nitrogens with one attached hydrogen (secondary N) is 1. The van der Waals surface area contributed by atoms with Crippen LogP contribution in [-0.4, -0.2) is 8.42 Å². The molecule has 0 saturated heterocycles. The van der Waals surface area contributed by atoms with Crippen LogP contribution >= 0.6 is 27.3 Å². The van der Waals surface area contributed by atoms with Crippen LogP contribution in [0.5, 0.6) is 0 Å². The molecule has 1 heterocycles. The topological polar surface area (TPSA) is 72.2 Å². The van der Waals surface area contributed by atoms with Crippen LogP contribution in [0.2, 0.25) is 0 Å². The van der Waals surface area contributed by atoms with Gasteiger partial charge in [0.2, 0.25) is 10.0 Å². The maximum absolute atomic E-state index is 11.2. The van der Waals surface area contributed by atoms with Crippen LogP contribution in [0.1, 0.15) is 23.4 Å². The van der Waals surface area contributed by atoms with Gasteiger partial charge in [-0.3, -0.25) is 0 Å². The lowest BCUT2D eigenvalue weighted by Crippen LogP contribution is -2.18. The first-order valence-electron chi connectivity index (χ1n) is 5.96. The second-order valence-corrected chi connectivity index (χ2v) is 7.82. The third-order valence-electron chi connectivity index (χ3n) is 2.97. The molecule has 0 bridgehead atoms. The van der Waals surface area contributed by atoms with Crippen molar-refractivity contribution in [1.29, 1.82) is 0 Å². The smallest absolute Gasteiger partial charge is 0.238 e. The summed E-state index contributed by atoms with van der Waals surface area (Å²) >= 11 is 5.18. The van der Waals surface area contributed by atoms with Gasteiger partial charge in [-0.25, -0.2) is 13.6 Å². The van der Waals surface area contributed by atoms with Crippen LogP contribution in [0, 0.1) is 0 Å². The van der Waals surface area contributed by atoms with Gasteiger partial charge in [-0.2, -0.15) is 0 Å². The molecular formula is C13H15BrN2O2S2. The molecular weight excluding hydrogens is 360 g/mol. The Hall–Kier alpha value is -0.730. The third-order valence-corrected chi connectivity index (χ3v) is 5.82. The van der Waals surface area contributed by atoms with Gasteiger partial charge in [0.1, 0.15) is 0 Å². The monoisotopic (exact) mass is 374 g/mol. The quantitative estimate of drug-likeness (QED) is 0.844. The molecule has 7 heteroatoms. The minimum absolute atomic E-state index is 0.124. The average Bonchev–Trinajstić information content (AvgIpc) is 2.81. The van der Waals surface area contributed by atoms with E-state index in [4.69, 9.17) is 5.14 Å². The maximum Gasteiger partial charge on any atom is 0.238 e. The summed E-state index contributed by atoms with van der Waals surface area (Å²) in [5, 5.41) is 10.5. The van der Waals surface area contributed by atoms with Gasteiger partial charge in [0.25, 0.3) is 0 Å². The van der Waals surface area contributed by atoms with Crippen molar-refractivity contribution < 1.29 is 8.42 Å². The summed E-state index contributed by atoms with van der Waals surface area (Å²) in [6.45, 7) is 2.80. The predicted molar refractivity (Wildman–Crippen MR) is 85.1 cm³/mol. The van der Waals surface area contributed by atoms with Gasteiger partial charge in [0, 0.05) is 21.9 Å². The van der Waals surface area contributed by atoms with Crippen molar-refractivity contribution in [1.82, 2.24) is 5.32 Å². The van der Waals surface area contributed by atoms with Gasteiger partial charge >= 0.3 is 0 Å². The van der Waals surface area contributed by atoms with Crippen molar-refractivity contribution >= 4 is 37.3 Å². The van der Waals surface area contributed by atoms with Crippen LogP contribution in [0.15, 0.2) is 45.1 Å². The molecule has 1 aromatic carbocycles. The first-order chi connectivity index (χ1) is 9.38. The first kappa shape index (κ1) is 15.7. The third kappa shape index (κ3) is 3.89. The molecule has 0 aliphatic carbocycles. The van der Waals surface area contributed by atoms with Crippen molar-refractivity contribution in [2.24, 2.45) is 5.14 Å². The Labute approximate surface area is 131 Å². The number of sulfonamides is 1. The van der Waals surface area contributed by atoms with E-state index >= 15 is 0 Å². The van der Waals surface area contributed by atoms with Crippen molar-refractivity contribution in [2.75, 3.05) is 0 Å². The van der Waals surface area contributed by atoms with Crippen molar-refractivity contribution in [3.63, 3.8) is 0 Å². The molecule has 0 fully saturated rings. The molecule has 2 aromatic rings. The molecule has 2 rings (SSSR count). The molecule has 0 aliphatic rings. The standard InChI is InChI=1S/C13H15BrN2O2S2/c1-9(16-8-13-12(14)6-7-19-13)10-2-4-11(5-3-10)20(15,17)18/h2-7,9,16H,8H2,1H3,(H2,15,17,18). The van der Waals surface area contributed by atoms with Gasteiger partial charge < -0.3 is 5.32 Å². The van der Waals surface area contributed by atoms with Crippen LogP contribution < -0.4 is 10.5 Å². The molecule has 1 atom stereocenters. The molecule has 0 spiro atoms. The molecule has 3 N–H and O–H groups in total. The summed E-state index contributed by atoms with van der Waals surface area (Å²) in [5.41, 5.74) is 1.02. The van der Waals surface area contributed by atoms with Gasteiger partial charge in [-0.15, -0.1) is 11.3 Å². The molecule has 0 aliphatic heterocycles. The maximum atomic E-state index is 11.2. The van der Waals surface area contributed by atoms with Gasteiger partial charge in [-0.1, -0.05) is 12.1 Å². The zero-order chi connectivity index (χ0) is 14.8. The number of hydrogen-bond donors (Lipinski definition) is 2. The molecule has 0 saturated carbocycles. The van der Waals surface area contributed by atoms with Gasteiger partial charge in [0.15, 0.2) is 0 Å². The fourth-order valence-corrected chi connectivity index (χ4v) is 3.72. The fourth-order valence-electron chi connectivity index (χ4n) is 1.76. The summed E-state index contributed by atoms with van der Waals surface area (Å²) in [5.74, 6) is 0. The minimum Gasteiger partial charge on any atom is -0.305 e. The Morgan fingerprint density at radius 3 is 2.45 bits per heavy atom. The number of halogens is 1. The second kappa shape index (κ2) is 6.36. The van der Waals surface area contributed by atoms with E-state index in [1.165, 1.54) is 17.0 Å². The predicted octanol–water partition coefficient (Wildman–Crippen LogP) is 3.01. The van der Waals surface area contributed by atoms with E-state index < -0.39 is 10.0 Å². The van der Waals surface area contributed by atoms with Crippen LogP contribution in [-0.2, 0) is 16.6 Å². The second-order valence-electron chi connectivity index (χ2n) is 4.41. The highest BCUT2D eigenvalue weighted by molar-refractivity contribution is 9.10. The molecule has 1 aromatic heterocycles. The SMILES string of the molecule is CC(NCc1sccc1Br)c1ccc(S(N)(=O)=O)cc1. The summed E-state index contributed by atoms with van der Waals surface area (Å²) < 4.78 is 23.5. The van der Waals surface area contributed by atoms with E-state index in [2.05, 4.69) is 21.2 Å². The van der Waals surface area contributed by atoms with Crippen LogP contribution in [0.25, 0.3) is 0 Å². The summed E-state index contributed by atoms with van der Waals surface area (Å²) in [6, 6.07) is 8.77. The van der Waals surface area contributed by atoms with Gasteiger partial charge in [-0.05, 0) is 52.0 Å². The number of benzene rings is 1. The summed E-state index contributed by atoms with van der Waals surface area (Å²) in [6.07, 6.45) is 0. The van der Waals surface area contributed by atoms with E-state index in [1.54, 1.807) is 23.5 Å². The van der Waals surface area contributed by atoms with Crippen molar-refractivity contribution in [3.8, 4) is 0 Å². The van der Waals surface area contributed by atoms with Crippen molar-refractivity contribution in [3.05, 3.63) is 50.6 Å². The zero-order valence-corrected chi connectivity index (χ0v) is 14.1. The molecule has 1 unspecified atom stereocenters. The first-order valence-corrected chi connectivity index (χ1v) is 9.18. The van der Waals surface area contributed by atoms with E-state index in [-0.39, 0.29) is 10.9 Å². The number of primary sulfonamides is 1. The average molecular weight is 375 g/mol. The lowest BCUT2D eigenvalue weighted by atomic mass is 10.1. The Balaban J connectivity index is 2.03. The molecule has 20 heavy (non-hydrogen) atoms. The summed E-state index contributed by atoms with van der Waals surface area (Å²) in [7, 11) is -3.62. The summed E-state index contributed by atoms with van der Waals surface area (Å²) in [4.78, 5) is 1.37. The lowest BCUT2D eigenvalue weighted by molar-refractivity contribution is 0.577. The zero-order valence-electron chi connectivity index (χ0n) is 10.8. The Morgan fingerprint density at radius 1 is 1.30 bits per heavy atom. The lowest BCUT2D eigenvalue weighted by Gasteiger charge is -2.14. The van der Waals surface area contributed by atoms with Gasteiger partial charge in [0.05, 0.1) is 4.90 Å². The number of thiophene rings is 1. The Morgan fingerprint density at radius 2 is 1.95 bits per heavy atom. The van der Waals surface area contributed by atoms with E-state index in [9.17, 15) is 8.42 Å². The fraction of sp³-hybridized carbons (Fsp3) is 0.231. The highest BCUT2D eigenvalue weighted by atomic mass is 79.9. The van der Waals surface area contributed by atoms with E-state index in [0.717, 1.165) is 16.6 Å². The van der Waals surface area contributed by atoms with E-state index in [0.29, 0.717) is 0 Å². The number of hydrogen-bond acceptors (Lipinski definition) is 4. The highest BCUT2D eigenvalue weighted by Crippen LogP contribution is 2.23. The highest BCUT2D eigenvalue weighted by Gasteiger charge is 2.10. The number of rotatable bonds is 5. The number of nitrogens with two attached hydrogens (primary N) is 1. The molecule has 0 amide bonds. The van der Waals surface area contributed by atoms with Crippen molar-refractivity contribution in [2.45, 2.75) is 24.4 Å². The Kier molecular flexibility index (Phi) is 4.98. The molecule has 4 nitrogen and oxygen atoms in total. The molecule has 108 valence electrons. The minimum atomic E-state index is -3.62. The van der Waals surface area contributed by atoms with E-state index in [1.807, 2.05) is 18.4 Å².